The fraction of sp³-hybridized carbons (Fsp3) is 0.250. The fourth-order valence-electron chi connectivity index (χ4n) is 1.78. The van der Waals surface area contributed by atoms with E-state index < -0.39 is 0 Å². The number of rotatable bonds is 2. The van der Waals surface area contributed by atoms with E-state index in [-0.39, 0.29) is 5.97 Å². The minimum atomic E-state index is -0.223. The molecule has 0 amide bonds. The molecule has 4 heteroatoms. The van der Waals surface area contributed by atoms with Gasteiger partial charge < -0.3 is 9.14 Å². The van der Waals surface area contributed by atoms with E-state index in [9.17, 15) is 4.79 Å². The quantitative estimate of drug-likeness (QED) is 0.793. The van der Waals surface area contributed by atoms with Gasteiger partial charge in [0.05, 0.1) is 19.0 Å². The van der Waals surface area contributed by atoms with Crippen LogP contribution in [0.25, 0.3) is 5.52 Å². The maximum absolute atomic E-state index is 11.3. The van der Waals surface area contributed by atoms with Crippen LogP contribution in [0.1, 0.15) is 11.3 Å². The molecule has 0 bridgehead atoms. The van der Waals surface area contributed by atoms with E-state index in [4.69, 9.17) is 4.74 Å². The second-order valence-electron chi connectivity index (χ2n) is 3.59. The van der Waals surface area contributed by atoms with Crippen molar-refractivity contribution < 1.29 is 9.53 Å². The van der Waals surface area contributed by atoms with Crippen LogP contribution in [0, 0.1) is 6.92 Å². The lowest BCUT2D eigenvalue weighted by Crippen LogP contribution is -2.07. The summed E-state index contributed by atoms with van der Waals surface area (Å²) in [5.41, 5.74) is 3.12. The second-order valence-corrected chi connectivity index (χ2v) is 4.39. The molecule has 0 aromatic carbocycles. The summed E-state index contributed by atoms with van der Waals surface area (Å²) in [5, 5.41) is 0. The van der Waals surface area contributed by atoms with Gasteiger partial charge in [0.2, 0.25) is 0 Å². The summed E-state index contributed by atoms with van der Waals surface area (Å²) in [6.07, 6.45) is 2.24. The molecule has 2 aromatic heterocycles. The zero-order valence-corrected chi connectivity index (χ0v) is 10.7. The Kier molecular flexibility index (Phi) is 3.01. The first-order valence-corrected chi connectivity index (χ1v) is 5.75. The molecule has 0 aliphatic heterocycles. The first-order valence-electron chi connectivity index (χ1n) is 4.96. The second kappa shape index (κ2) is 4.29. The first kappa shape index (κ1) is 11.2. The molecule has 0 saturated carbocycles. The zero-order chi connectivity index (χ0) is 11.7. The van der Waals surface area contributed by atoms with Crippen molar-refractivity contribution in [3.8, 4) is 0 Å². The number of nitrogens with zero attached hydrogens (tertiary/aromatic N) is 1. The Labute approximate surface area is 102 Å². The average molecular weight is 282 g/mol. The summed E-state index contributed by atoms with van der Waals surface area (Å²) in [6.45, 7) is 2.00. The number of ether oxygens (including phenoxy) is 1. The Hall–Kier alpha value is -1.29. The third kappa shape index (κ3) is 1.73. The summed E-state index contributed by atoms with van der Waals surface area (Å²) < 4.78 is 7.74. The number of pyridine rings is 1. The van der Waals surface area contributed by atoms with Crippen LogP contribution in [-0.2, 0) is 16.0 Å². The Morgan fingerprint density at radius 3 is 2.94 bits per heavy atom. The van der Waals surface area contributed by atoms with Gasteiger partial charge in [-0.3, -0.25) is 4.79 Å². The highest BCUT2D eigenvalue weighted by Gasteiger charge is 2.15. The van der Waals surface area contributed by atoms with Gasteiger partial charge in [0.25, 0.3) is 0 Å². The number of aromatic nitrogens is 1. The normalized spacial score (nSPS) is 10.7. The van der Waals surface area contributed by atoms with E-state index in [1.54, 1.807) is 0 Å². The van der Waals surface area contributed by atoms with Crippen LogP contribution in [0.5, 0.6) is 0 Å². The smallest absolute Gasteiger partial charge is 0.311 e. The maximum atomic E-state index is 11.3. The predicted molar refractivity (Wildman–Crippen MR) is 65.6 cm³/mol. The van der Waals surface area contributed by atoms with Gasteiger partial charge >= 0.3 is 5.97 Å². The third-order valence-corrected chi connectivity index (χ3v) is 3.68. The van der Waals surface area contributed by atoms with Gasteiger partial charge in [-0.1, -0.05) is 6.07 Å². The lowest BCUT2D eigenvalue weighted by Gasteiger charge is -2.02. The van der Waals surface area contributed by atoms with Crippen LogP contribution in [0.15, 0.2) is 28.9 Å². The van der Waals surface area contributed by atoms with Gasteiger partial charge in [-0.2, -0.15) is 0 Å². The predicted octanol–water partition coefficient (Wildman–Crippen LogP) is 2.73. The summed E-state index contributed by atoms with van der Waals surface area (Å²) in [6, 6.07) is 5.93. The number of carbonyl (C=O) groups excluding carboxylic acids is 1. The molecular formula is C12H12BrNO2. The number of fused-ring (bicyclic) bond motifs is 1. The number of halogens is 1. The highest BCUT2D eigenvalue weighted by atomic mass is 79.9. The van der Waals surface area contributed by atoms with Gasteiger partial charge in [0, 0.05) is 16.4 Å². The molecule has 2 heterocycles. The van der Waals surface area contributed by atoms with Crippen molar-refractivity contribution in [2.75, 3.05) is 7.11 Å². The number of esters is 1. The molecule has 2 aromatic rings. The van der Waals surface area contributed by atoms with Crippen LogP contribution >= 0.6 is 15.9 Å². The Morgan fingerprint density at radius 2 is 2.25 bits per heavy atom. The van der Waals surface area contributed by atoms with E-state index in [1.165, 1.54) is 7.11 Å². The molecule has 3 nitrogen and oxygen atoms in total. The molecule has 84 valence electrons. The molecule has 0 spiro atoms. The van der Waals surface area contributed by atoms with E-state index in [2.05, 4.69) is 15.9 Å². The molecular weight excluding hydrogens is 270 g/mol. The lowest BCUT2D eigenvalue weighted by atomic mass is 10.2. The van der Waals surface area contributed by atoms with Crippen LogP contribution in [0.4, 0.5) is 0 Å². The van der Waals surface area contributed by atoms with Crippen molar-refractivity contribution in [3.05, 3.63) is 40.1 Å². The largest absolute Gasteiger partial charge is 0.469 e. The Morgan fingerprint density at radius 1 is 1.50 bits per heavy atom. The van der Waals surface area contributed by atoms with E-state index in [1.807, 2.05) is 35.7 Å². The van der Waals surface area contributed by atoms with E-state index in [0.29, 0.717) is 6.42 Å². The van der Waals surface area contributed by atoms with Gasteiger partial charge in [-0.25, -0.2) is 0 Å². The summed E-state index contributed by atoms with van der Waals surface area (Å²) in [4.78, 5) is 11.3. The van der Waals surface area contributed by atoms with Crippen LogP contribution in [0.3, 0.4) is 0 Å². The van der Waals surface area contributed by atoms with Crippen molar-refractivity contribution in [3.63, 3.8) is 0 Å². The zero-order valence-electron chi connectivity index (χ0n) is 9.16. The highest BCUT2D eigenvalue weighted by Crippen LogP contribution is 2.28. The van der Waals surface area contributed by atoms with E-state index in [0.717, 1.165) is 21.2 Å². The molecule has 0 saturated heterocycles. The standard InChI is InChI=1S/C12H12BrNO2/c1-8-10(7-11(15)16-2)14-6-4-3-5-9(14)12(8)13/h3-6H,7H2,1-2H3. The topological polar surface area (TPSA) is 30.7 Å². The molecule has 0 unspecified atom stereocenters. The number of methoxy groups -OCH3 is 1. The Bertz CT molecular complexity index is 545. The van der Waals surface area contributed by atoms with Crippen molar-refractivity contribution in [2.45, 2.75) is 13.3 Å². The molecule has 16 heavy (non-hydrogen) atoms. The summed E-state index contributed by atoms with van der Waals surface area (Å²) in [5.74, 6) is -0.223. The monoisotopic (exact) mass is 281 g/mol. The van der Waals surface area contributed by atoms with Crippen LogP contribution in [-0.4, -0.2) is 17.5 Å². The summed E-state index contributed by atoms with van der Waals surface area (Å²) >= 11 is 3.54. The minimum absolute atomic E-state index is 0.223. The fourth-order valence-corrected chi connectivity index (χ4v) is 2.34. The number of carbonyl (C=O) groups is 1. The molecule has 2 rings (SSSR count). The van der Waals surface area contributed by atoms with Crippen molar-refractivity contribution in [1.82, 2.24) is 4.40 Å². The van der Waals surface area contributed by atoms with Crippen molar-refractivity contribution in [2.24, 2.45) is 0 Å². The molecule has 0 aliphatic rings. The number of hydrogen-bond acceptors (Lipinski definition) is 2. The van der Waals surface area contributed by atoms with Crippen molar-refractivity contribution in [1.29, 1.82) is 0 Å². The molecule has 0 N–H and O–H groups in total. The van der Waals surface area contributed by atoms with Gasteiger partial charge in [-0.15, -0.1) is 0 Å². The van der Waals surface area contributed by atoms with Gasteiger partial charge in [-0.05, 0) is 40.5 Å². The first-order chi connectivity index (χ1) is 7.65. The summed E-state index contributed by atoms with van der Waals surface area (Å²) in [7, 11) is 1.41. The minimum Gasteiger partial charge on any atom is -0.469 e. The van der Waals surface area contributed by atoms with Crippen molar-refractivity contribution >= 4 is 27.4 Å². The molecule has 0 radical (unpaired) electrons. The highest BCUT2D eigenvalue weighted by molar-refractivity contribution is 9.10. The van der Waals surface area contributed by atoms with Gasteiger partial charge in [0.15, 0.2) is 0 Å². The Balaban J connectivity index is 2.59. The maximum Gasteiger partial charge on any atom is 0.311 e. The van der Waals surface area contributed by atoms with Crippen LogP contribution < -0.4 is 0 Å². The molecule has 0 fully saturated rings. The van der Waals surface area contributed by atoms with Crippen LogP contribution in [0.2, 0.25) is 0 Å². The molecule has 0 atom stereocenters. The number of hydrogen-bond donors (Lipinski definition) is 0. The van der Waals surface area contributed by atoms with Gasteiger partial charge in [0.1, 0.15) is 0 Å². The van der Waals surface area contributed by atoms with E-state index >= 15 is 0 Å². The lowest BCUT2D eigenvalue weighted by molar-refractivity contribution is -0.139. The SMILES string of the molecule is COC(=O)Cc1c(C)c(Br)c2ccccn12. The average Bonchev–Trinajstić information content (AvgIpc) is 2.55. The molecule has 0 aliphatic carbocycles. The third-order valence-electron chi connectivity index (χ3n) is 2.68.